The minimum Gasteiger partial charge on any atom is -0.349 e. The lowest BCUT2D eigenvalue weighted by Crippen LogP contribution is -2.42. The van der Waals surface area contributed by atoms with Crippen LogP contribution in [0.1, 0.15) is 60.9 Å². The summed E-state index contributed by atoms with van der Waals surface area (Å²) in [6, 6.07) is 8.19. The van der Waals surface area contributed by atoms with Crippen LogP contribution in [0.3, 0.4) is 0 Å². The second-order valence-corrected chi connectivity index (χ2v) is 8.85. The average molecular weight is 352 g/mol. The molecule has 4 nitrogen and oxygen atoms in total. The highest BCUT2D eigenvalue weighted by molar-refractivity contribution is 5.94. The summed E-state index contributed by atoms with van der Waals surface area (Å²) in [7, 11) is 0. The highest BCUT2D eigenvalue weighted by Gasteiger charge is 2.54. The predicted molar refractivity (Wildman–Crippen MR) is 99.4 cm³/mol. The Hall–Kier alpha value is -1.84. The van der Waals surface area contributed by atoms with Gasteiger partial charge in [0.25, 0.3) is 5.91 Å². The van der Waals surface area contributed by atoms with Crippen molar-refractivity contribution in [3.05, 3.63) is 35.4 Å². The topological polar surface area (TPSA) is 49.4 Å². The number of fused-ring (bicyclic) bond motifs is 5. The largest absolute Gasteiger partial charge is 0.349 e. The summed E-state index contributed by atoms with van der Waals surface area (Å²) in [6.45, 7) is 1.46. The lowest BCUT2D eigenvalue weighted by atomic mass is 9.79. The number of hydrogen-bond donors (Lipinski definition) is 1. The Labute approximate surface area is 155 Å². The quantitative estimate of drug-likeness (QED) is 0.903. The van der Waals surface area contributed by atoms with E-state index in [-0.39, 0.29) is 11.8 Å². The molecule has 5 atom stereocenters. The van der Waals surface area contributed by atoms with Gasteiger partial charge in [0.2, 0.25) is 5.91 Å². The molecule has 5 rings (SSSR count). The molecule has 1 aromatic carbocycles. The number of carbonyl (C=O) groups is 2. The van der Waals surface area contributed by atoms with E-state index in [0.717, 1.165) is 41.8 Å². The van der Waals surface area contributed by atoms with E-state index >= 15 is 0 Å². The zero-order chi connectivity index (χ0) is 17.7. The Morgan fingerprint density at radius 2 is 2.00 bits per heavy atom. The summed E-state index contributed by atoms with van der Waals surface area (Å²) in [5.74, 6) is 3.67. The number of rotatable bonds is 4. The Balaban J connectivity index is 1.25. The molecule has 0 aromatic heterocycles. The molecule has 1 aliphatic heterocycles. The lowest BCUT2D eigenvalue weighted by molar-refractivity contribution is -0.128. The van der Waals surface area contributed by atoms with Crippen LogP contribution in [0.15, 0.2) is 24.3 Å². The summed E-state index contributed by atoms with van der Waals surface area (Å²) in [5, 5.41) is 3.35. The first-order valence-electron chi connectivity index (χ1n) is 10.4. The third-order valence-electron chi connectivity index (χ3n) is 7.48. The molecule has 0 unspecified atom stereocenters. The third-order valence-corrected chi connectivity index (χ3v) is 7.48. The maximum Gasteiger partial charge on any atom is 0.251 e. The van der Waals surface area contributed by atoms with Gasteiger partial charge in [0.05, 0.1) is 0 Å². The van der Waals surface area contributed by atoms with Crippen molar-refractivity contribution in [3.8, 4) is 0 Å². The molecule has 3 aliphatic carbocycles. The Bertz CT molecular complexity index is 731. The van der Waals surface area contributed by atoms with E-state index in [1.165, 1.54) is 32.1 Å². The van der Waals surface area contributed by atoms with Crippen LogP contribution in [0, 0.1) is 23.7 Å². The van der Waals surface area contributed by atoms with E-state index in [2.05, 4.69) is 5.32 Å². The first-order chi connectivity index (χ1) is 12.7. The van der Waals surface area contributed by atoms with Gasteiger partial charge >= 0.3 is 0 Å². The van der Waals surface area contributed by atoms with Gasteiger partial charge in [0, 0.05) is 31.1 Å². The fourth-order valence-corrected chi connectivity index (χ4v) is 6.39. The molecule has 4 aliphatic rings. The molecule has 4 fully saturated rings. The maximum atomic E-state index is 12.8. The number of amides is 2. The third kappa shape index (κ3) is 2.74. The van der Waals surface area contributed by atoms with Crippen molar-refractivity contribution in [2.75, 3.05) is 6.54 Å². The van der Waals surface area contributed by atoms with Crippen molar-refractivity contribution in [3.63, 3.8) is 0 Å². The molecule has 26 heavy (non-hydrogen) atoms. The first-order valence-corrected chi connectivity index (χ1v) is 10.4. The molecular weight excluding hydrogens is 324 g/mol. The number of nitrogens with zero attached hydrogens (tertiary/aromatic N) is 1. The Morgan fingerprint density at radius 3 is 2.85 bits per heavy atom. The van der Waals surface area contributed by atoms with E-state index in [0.29, 0.717) is 24.9 Å². The molecule has 138 valence electrons. The predicted octanol–water partition coefficient (Wildman–Crippen LogP) is 3.36. The monoisotopic (exact) mass is 352 g/mol. The molecule has 3 saturated carbocycles. The second kappa shape index (κ2) is 6.40. The fourth-order valence-electron chi connectivity index (χ4n) is 6.39. The maximum absolute atomic E-state index is 12.8. The normalized spacial score (nSPS) is 35.2. The highest BCUT2D eigenvalue weighted by Crippen LogP contribution is 2.58. The second-order valence-electron chi connectivity index (χ2n) is 8.85. The van der Waals surface area contributed by atoms with Gasteiger partial charge in [-0.1, -0.05) is 18.6 Å². The van der Waals surface area contributed by atoms with Crippen LogP contribution in [0.25, 0.3) is 0 Å². The smallest absolute Gasteiger partial charge is 0.251 e. The minimum absolute atomic E-state index is 0.0618. The number of benzene rings is 1. The SMILES string of the molecule is O=C(N[C@@H]1C[C@H]2C[C@H]1[C@@H]1CCC[C@H]21)c1cccc(CN2CCCC2=O)c1. The van der Waals surface area contributed by atoms with Crippen molar-refractivity contribution in [2.45, 2.75) is 57.5 Å². The Kier molecular flexibility index (Phi) is 4.02. The number of likely N-dealkylation sites (tertiary alicyclic amines) is 1. The van der Waals surface area contributed by atoms with Crippen LogP contribution in [-0.4, -0.2) is 29.3 Å². The van der Waals surface area contributed by atoms with Gasteiger partial charge in [-0.2, -0.15) is 0 Å². The molecule has 1 heterocycles. The van der Waals surface area contributed by atoms with Crippen molar-refractivity contribution in [2.24, 2.45) is 23.7 Å². The molecule has 4 heteroatoms. The molecule has 0 spiro atoms. The van der Waals surface area contributed by atoms with Crippen molar-refractivity contribution >= 4 is 11.8 Å². The van der Waals surface area contributed by atoms with Gasteiger partial charge in [-0.05, 0) is 73.5 Å². The zero-order valence-electron chi connectivity index (χ0n) is 15.3. The molecule has 2 bridgehead atoms. The van der Waals surface area contributed by atoms with E-state index in [4.69, 9.17) is 0 Å². The lowest BCUT2D eigenvalue weighted by Gasteiger charge is -2.32. The van der Waals surface area contributed by atoms with Crippen molar-refractivity contribution in [1.82, 2.24) is 10.2 Å². The first kappa shape index (κ1) is 16.3. The standard InChI is InChI=1S/C22H28N2O2/c25-21-8-3-9-24(21)13-14-4-1-5-15(10-14)22(26)23-20-12-16-11-19(20)18-7-2-6-17(16)18/h1,4-5,10,16-20H,2-3,6-9,11-13H2,(H,23,26)/t16-,17-,18-,19+,20-/m1/s1. The zero-order valence-corrected chi connectivity index (χ0v) is 15.3. The molecular formula is C22H28N2O2. The van der Waals surface area contributed by atoms with E-state index in [9.17, 15) is 9.59 Å². The Morgan fingerprint density at radius 1 is 1.12 bits per heavy atom. The number of nitrogens with one attached hydrogen (secondary N) is 1. The van der Waals surface area contributed by atoms with E-state index in [1.54, 1.807) is 0 Å². The van der Waals surface area contributed by atoms with Crippen LogP contribution in [-0.2, 0) is 11.3 Å². The van der Waals surface area contributed by atoms with Crippen LogP contribution < -0.4 is 5.32 Å². The molecule has 1 saturated heterocycles. The number of carbonyl (C=O) groups excluding carboxylic acids is 2. The van der Waals surface area contributed by atoms with Crippen molar-refractivity contribution in [1.29, 1.82) is 0 Å². The summed E-state index contributed by atoms with van der Waals surface area (Å²) in [4.78, 5) is 26.6. The minimum atomic E-state index is 0.0618. The summed E-state index contributed by atoms with van der Waals surface area (Å²) < 4.78 is 0. The van der Waals surface area contributed by atoms with E-state index in [1.807, 2.05) is 29.2 Å². The van der Waals surface area contributed by atoms with Gasteiger partial charge in [-0.15, -0.1) is 0 Å². The van der Waals surface area contributed by atoms with Crippen LogP contribution in [0.5, 0.6) is 0 Å². The van der Waals surface area contributed by atoms with Gasteiger partial charge in [0.1, 0.15) is 0 Å². The van der Waals surface area contributed by atoms with Gasteiger partial charge in [-0.3, -0.25) is 9.59 Å². The van der Waals surface area contributed by atoms with Crippen LogP contribution in [0.2, 0.25) is 0 Å². The van der Waals surface area contributed by atoms with Gasteiger partial charge in [0.15, 0.2) is 0 Å². The summed E-state index contributed by atoms with van der Waals surface area (Å²) in [5.41, 5.74) is 1.79. The fraction of sp³-hybridized carbons (Fsp3) is 0.636. The van der Waals surface area contributed by atoms with Crippen LogP contribution >= 0.6 is 0 Å². The molecule has 2 amide bonds. The molecule has 1 aromatic rings. The van der Waals surface area contributed by atoms with Crippen molar-refractivity contribution < 1.29 is 9.59 Å². The van der Waals surface area contributed by atoms with Gasteiger partial charge < -0.3 is 10.2 Å². The highest BCUT2D eigenvalue weighted by atomic mass is 16.2. The van der Waals surface area contributed by atoms with Gasteiger partial charge in [-0.25, -0.2) is 0 Å². The summed E-state index contributed by atoms with van der Waals surface area (Å²) in [6.07, 6.45) is 8.30. The molecule has 0 radical (unpaired) electrons. The average Bonchev–Trinajstić information content (AvgIpc) is 3.39. The summed E-state index contributed by atoms with van der Waals surface area (Å²) >= 11 is 0. The van der Waals surface area contributed by atoms with Crippen LogP contribution in [0.4, 0.5) is 0 Å². The number of hydrogen-bond acceptors (Lipinski definition) is 2. The van der Waals surface area contributed by atoms with E-state index < -0.39 is 0 Å². The molecule has 1 N–H and O–H groups in total.